The molecule has 134 valence electrons. The van der Waals surface area contributed by atoms with E-state index in [0.717, 1.165) is 11.1 Å². The van der Waals surface area contributed by atoms with Gasteiger partial charge in [0.25, 0.3) is 5.91 Å². The number of pyridine rings is 1. The fourth-order valence-electron chi connectivity index (χ4n) is 2.87. The number of aromatic nitrogens is 1. The number of nitrogens with two attached hydrogens (primary N) is 1. The van der Waals surface area contributed by atoms with Gasteiger partial charge in [-0.25, -0.2) is 4.39 Å². The van der Waals surface area contributed by atoms with Crippen molar-refractivity contribution in [3.05, 3.63) is 89.7 Å². The lowest BCUT2D eigenvalue weighted by molar-refractivity contribution is -0.117. The fourth-order valence-corrected chi connectivity index (χ4v) is 2.87. The number of carbonyl (C=O) groups excluding carboxylic acids is 1. The lowest BCUT2D eigenvalue weighted by Gasteiger charge is -2.31. The zero-order valence-corrected chi connectivity index (χ0v) is 14.3. The monoisotopic (exact) mass is 361 g/mol. The molecule has 4 rings (SSSR count). The third-order valence-corrected chi connectivity index (χ3v) is 4.21. The van der Waals surface area contributed by atoms with E-state index in [1.54, 1.807) is 65.8 Å². The molecule has 27 heavy (non-hydrogen) atoms. The SMILES string of the molecule is Nc1ccc2c(c1)O/C(=C/c1ccncc1)C(=O)N2Cc1ccc(F)cc1. The molecule has 1 aliphatic heterocycles. The average Bonchev–Trinajstić information content (AvgIpc) is 2.67. The highest BCUT2D eigenvalue weighted by Gasteiger charge is 2.30. The summed E-state index contributed by atoms with van der Waals surface area (Å²) in [5.74, 6) is 0.0744. The molecule has 0 radical (unpaired) electrons. The minimum atomic E-state index is -0.321. The standard InChI is InChI=1S/C21H16FN3O2/c22-16-3-1-15(2-4-16)13-25-18-6-5-17(23)12-19(18)27-20(21(25)26)11-14-7-9-24-10-8-14/h1-12H,13,23H2/b20-11+. The van der Waals surface area contributed by atoms with Crippen LogP contribution in [0.5, 0.6) is 5.75 Å². The Kier molecular flexibility index (Phi) is 4.30. The Hall–Kier alpha value is -3.67. The van der Waals surface area contributed by atoms with Crippen molar-refractivity contribution in [2.45, 2.75) is 6.54 Å². The number of benzene rings is 2. The molecule has 1 aromatic heterocycles. The van der Waals surface area contributed by atoms with Gasteiger partial charge in [-0.05, 0) is 53.6 Å². The molecule has 0 saturated carbocycles. The summed E-state index contributed by atoms with van der Waals surface area (Å²) in [6, 6.07) is 14.8. The highest BCUT2D eigenvalue weighted by molar-refractivity contribution is 6.09. The minimum absolute atomic E-state index is 0.182. The molecule has 0 unspecified atom stereocenters. The first-order valence-electron chi connectivity index (χ1n) is 8.35. The maximum Gasteiger partial charge on any atom is 0.294 e. The van der Waals surface area contributed by atoms with E-state index in [1.807, 2.05) is 0 Å². The second kappa shape index (κ2) is 6.92. The van der Waals surface area contributed by atoms with E-state index in [9.17, 15) is 9.18 Å². The first-order chi connectivity index (χ1) is 13.1. The smallest absolute Gasteiger partial charge is 0.294 e. The molecule has 1 amide bonds. The van der Waals surface area contributed by atoms with E-state index < -0.39 is 0 Å². The molecule has 2 heterocycles. The van der Waals surface area contributed by atoms with Crippen molar-refractivity contribution in [1.29, 1.82) is 0 Å². The highest BCUT2D eigenvalue weighted by Crippen LogP contribution is 2.38. The zero-order valence-electron chi connectivity index (χ0n) is 14.3. The van der Waals surface area contributed by atoms with Crippen molar-refractivity contribution >= 4 is 23.4 Å². The summed E-state index contributed by atoms with van der Waals surface area (Å²) in [5.41, 5.74) is 8.63. The van der Waals surface area contributed by atoms with Gasteiger partial charge in [0.2, 0.25) is 0 Å². The second-order valence-corrected chi connectivity index (χ2v) is 6.14. The number of nitrogen functional groups attached to an aromatic ring is 1. The fraction of sp³-hybridized carbons (Fsp3) is 0.0476. The molecule has 6 heteroatoms. The predicted octanol–water partition coefficient (Wildman–Crippen LogP) is 3.77. The van der Waals surface area contributed by atoms with Gasteiger partial charge in [-0.2, -0.15) is 0 Å². The van der Waals surface area contributed by atoms with E-state index >= 15 is 0 Å². The predicted molar refractivity (Wildman–Crippen MR) is 101 cm³/mol. The van der Waals surface area contributed by atoms with Crippen molar-refractivity contribution in [2.75, 3.05) is 10.6 Å². The molecule has 2 aromatic carbocycles. The Bertz CT molecular complexity index is 1020. The van der Waals surface area contributed by atoms with Crippen LogP contribution in [0.15, 0.2) is 72.8 Å². The van der Waals surface area contributed by atoms with Crippen molar-refractivity contribution in [3.63, 3.8) is 0 Å². The number of amides is 1. The molecule has 0 bridgehead atoms. The Morgan fingerprint density at radius 1 is 1.07 bits per heavy atom. The van der Waals surface area contributed by atoms with Gasteiger partial charge >= 0.3 is 0 Å². The lowest BCUT2D eigenvalue weighted by atomic mass is 10.1. The van der Waals surface area contributed by atoms with E-state index in [2.05, 4.69) is 4.98 Å². The van der Waals surface area contributed by atoms with Crippen LogP contribution in [0.2, 0.25) is 0 Å². The van der Waals surface area contributed by atoms with E-state index in [4.69, 9.17) is 10.5 Å². The van der Waals surface area contributed by atoms with Gasteiger partial charge in [0.05, 0.1) is 12.2 Å². The van der Waals surface area contributed by atoms with Crippen LogP contribution >= 0.6 is 0 Å². The summed E-state index contributed by atoms with van der Waals surface area (Å²) in [5, 5.41) is 0. The number of hydrogen-bond acceptors (Lipinski definition) is 4. The molecular formula is C21H16FN3O2. The van der Waals surface area contributed by atoms with Crippen LogP contribution < -0.4 is 15.4 Å². The average molecular weight is 361 g/mol. The molecule has 0 spiro atoms. The Morgan fingerprint density at radius 3 is 2.56 bits per heavy atom. The Morgan fingerprint density at radius 2 is 1.81 bits per heavy atom. The van der Waals surface area contributed by atoms with Gasteiger partial charge in [-0.15, -0.1) is 0 Å². The number of fused-ring (bicyclic) bond motifs is 1. The summed E-state index contributed by atoms with van der Waals surface area (Å²) in [4.78, 5) is 18.6. The van der Waals surface area contributed by atoms with Gasteiger partial charge in [-0.1, -0.05) is 12.1 Å². The summed E-state index contributed by atoms with van der Waals surface area (Å²) in [6.07, 6.45) is 4.94. The molecule has 2 N–H and O–H groups in total. The molecule has 0 atom stereocenters. The molecule has 0 saturated heterocycles. The van der Waals surface area contributed by atoms with E-state index in [-0.39, 0.29) is 24.0 Å². The summed E-state index contributed by atoms with van der Waals surface area (Å²) < 4.78 is 19.0. The number of carbonyl (C=O) groups is 1. The zero-order chi connectivity index (χ0) is 18.8. The van der Waals surface area contributed by atoms with Crippen molar-refractivity contribution < 1.29 is 13.9 Å². The molecule has 5 nitrogen and oxygen atoms in total. The number of halogens is 1. The Balaban J connectivity index is 1.75. The summed E-state index contributed by atoms with van der Waals surface area (Å²) >= 11 is 0. The molecule has 1 aliphatic rings. The third-order valence-electron chi connectivity index (χ3n) is 4.21. The second-order valence-electron chi connectivity index (χ2n) is 6.14. The van der Waals surface area contributed by atoms with Crippen LogP contribution in [0.3, 0.4) is 0 Å². The number of anilines is 2. The Labute approximate surface area is 155 Å². The van der Waals surface area contributed by atoms with Crippen LogP contribution in [0, 0.1) is 5.82 Å². The van der Waals surface area contributed by atoms with Gasteiger partial charge in [0, 0.05) is 24.1 Å². The van der Waals surface area contributed by atoms with Gasteiger partial charge in [-0.3, -0.25) is 14.7 Å². The number of hydrogen-bond donors (Lipinski definition) is 1. The number of ether oxygens (including phenoxy) is 1. The van der Waals surface area contributed by atoms with Crippen molar-refractivity contribution in [2.24, 2.45) is 0 Å². The first-order valence-corrected chi connectivity index (χ1v) is 8.35. The molecule has 0 aliphatic carbocycles. The van der Waals surface area contributed by atoms with Gasteiger partial charge < -0.3 is 10.5 Å². The van der Waals surface area contributed by atoms with Crippen molar-refractivity contribution in [1.82, 2.24) is 4.98 Å². The maximum atomic E-state index is 13.2. The van der Waals surface area contributed by atoms with Crippen LogP contribution in [0.1, 0.15) is 11.1 Å². The van der Waals surface area contributed by atoms with Gasteiger partial charge in [0.1, 0.15) is 5.82 Å². The largest absolute Gasteiger partial charge is 0.449 e. The molecule has 3 aromatic rings. The molecular weight excluding hydrogens is 345 g/mol. The van der Waals surface area contributed by atoms with Crippen LogP contribution in [-0.4, -0.2) is 10.9 Å². The number of nitrogens with zero attached hydrogens (tertiary/aromatic N) is 2. The van der Waals surface area contributed by atoms with Crippen LogP contribution in [0.25, 0.3) is 6.08 Å². The topological polar surface area (TPSA) is 68.5 Å². The van der Waals surface area contributed by atoms with E-state index in [1.165, 1.54) is 12.1 Å². The van der Waals surface area contributed by atoms with Gasteiger partial charge in [0.15, 0.2) is 11.5 Å². The van der Waals surface area contributed by atoms with Crippen LogP contribution in [-0.2, 0) is 11.3 Å². The summed E-state index contributed by atoms with van der Waals surface area (Å²) in [6.45, 7) is 0.285. The van der Waals surface area contributed by atoms with Crippen molar-refractivity contribution in [3.8, 4) is 5.75 Å². The maximum absolute atomic E-state index is 13.2. The van der Waals surface area contributed by atoms with Crippen LogP contribution in [0.4, 0.5) is 15.8 Å². The number of rotatable bonds is 3. The third kappa shape index (κ3) is 3.50. The van der Waals surface area contributed by atoms with E-state index in [0.29, 0.717) is 17.1 Å². The normalized spacial score (nSPS) is 14.8. The lowest BCUT2D eigenvalue weighted by Crippen LogP contribution is -2.36. The first kappa shape index (κ1) is 16.8. The summed E-state index contributed by atoms with van der Waals surface area (Å²) in [7, 11) is 0. The highest BCUT2D eigenvalue weighted by atomic mass is 19.1. The molecule has 0 fully saturated rings. The quantitative estimate of drug-likeness (QED) is 0.570. The minimum Gasteiger partial charge on any atom is -0.449 e.